The maximum Gasteiger partial charge on any atom is 0.422 e. The molecule has 0 atom stereocenters. The highest BCUT2D eigenvalue weighted by atomic mass is 35.5. The van der Waals surface area contributed by atoms with Crippen LogP contribution >= 0.6 is 11.6 Å². The molecule has 4 N–H and O–H groups in total. The summed E-state index contributed by atoms with van der Waals surface area (Å²) >= 11 is 6.01. The number of rotatable bonds is 14. The minimum absolute atomic E-state index is 0.0194. The lowest BCUT2D eigenvalue weighted by atomic mass is 9.93. The number of halogens is 4. The van der Waals surface area contributed by atoms with Crippen LogP contribution in [0.15, 0.2) is 48.5 Å². The van der Waals surface area contributed by atoms with Crippen molar-refractivity contribution in [3.8, 4) is 6.01 Å². The fourth-order valence-electron chi connectivity index (χ4n) is 4.17. The number of nitrogens with one attached hydrogen (secondary N) is 4. The highest BCUT2D eigenvalue weighted by molar-refractivity contribution is 6.36. The second-order valence-electron chi connectivity index (χ2n) is 11.4. The summed E-state index contributed by atoms with van der Waals surface area (Å²) in [6.07, 6.45) is -2.99. The van der Waals surface area contributed by atoms with Crippen LogP contribution in [-0.4, -0.2) is 58.4 Å². The standard InChI is InChI=1S/C30H33ClF3N7O4/c1-4-22(42)24(44)36-16-28(2,3)15-35-23(43)18-5-11-21(12-6-18)37-25-38-26(40-27(39-25)45-17-30(32,33)34)41-29(13-14-29)19-7-9-20(31)10-8-19/h5-12H,4,13-17H2,1-3H3,(H,35,43)(H,36,44)(H2,37,38,39,40,41). The van der Waals surface area contributed by atoms with Crippen molar-refractivity contribution in [2.45, 2.75) is 51.7 Å². The van der Waals surface area contributed by atoms with Gasteiger partial charge in [-0.25, -0.2) is 0 Å². The molecule has 1 saturated carbocycles. The van der Waals surface area contributed by atoms with Crippen LogP contribution in [0.3, 0.4) is 0 Å². The number of amides is 2. The molecule has 1 aliphatic carbocycles. The van der Waals surface area contributed by atoms with E-state index >= 15 is 0 Å². The number of nitrogens with zero attached hydrogens (tertiary/aromatic N) is 3. The van der Waals surface area contributed by atoms with Crippen molar-refractivity contribution >= 4 is 46.8 Å². The Morgan fingerprint density at radius 3 is 2.13 bits per heavy atom. The zero-order chi connectivity index (χ0) is 32.8. The molecule has 0 spiro atoms. The lowest BCUT2D eigenvalue weighted by Gasteiger charge is -2.25. The molecule has 2 amide bonds. The molecule has 4 rings (SSSR count). The zero-order valence-electron chi connectivity index (χ0n) is 24.8. The Kier molecular flexibility index (Phi) is 10.2. The Bertz CT molecular complexity index is 1530. The van der Waals surface area contributed by atoms with Gasteiger partial charge in [-0.05, 0) is 60.2 Å². The Balaban J connectivity index is 1.42. The number of hydrogen-bond acceptors (Lipinski definition) is 9. The smallest absolute Gasteiger partial charge is 0.422 e. The lowest BCUT2D eigenvalue weighted by Crippen LogP contribution is -2.43. The zero-order valence-corrected chi connectivity index (χ0v) is 25.6. The fourth-order valence-corrected chi connectivity index (χ4v) is 4.30. The van der Waals surface area contributed by atoms with Crippen LogP contribution in [0.1, 0.15) is 56.0 Å². The van der Waals surface area contributed by atoms with Gasteiger partial charge in [0.25, 0.3) is 11.8 Å². The minimum atomic E-state index is -4.59. The van der Waals surface area contributed by atoms with Crippen LogP contribution in [0.5, 0.6) is 6.01 Å². The fraction of sp³-hybridized carbons (Fsp3) is 0.400. The number of hydrogen-bond donors (Lipinski definition) is 4. The lowest BCUT2D eigenvalue weighted by molar-refractivity contribution is -0.154. The van der Waals surface area contributed by atoms with Gasteiger partial charge in [-0.3, -0.25) is 14.4 Å². The van der Waals surface area contributed by atoms with E-state index in [1.54, 1.807) is 43.3 Å². The topological polar surface area (TPSA) is 147 Å². The number of anilines is 3. The number of alkyl halides is 3. The molecular formula is C30H33ClF3N7O4. The van der Waals surface area contributed by atoms with E-state index in [4.69, 9.17) is 16.3 Å². The average Bonchev–Trinajstić information content (AvgIpc) is 3.77. The number of carbonyl (C=O) groups excluding carboxylic acids is 3. The molecular weight excluding hydrogens is 615 g/mol. The molecule has 0 radical (unpaired) electrons. The first-order valence-electron chi connectivity index (χ1n) is 14.1. The normalized spacial score (nSPS) is 13.8. The van der Waals surface area contributed by atoms with E-state index in [1.807, 2.05) is 26.0 Å². The van der Waals surface area contributed by atoms with Crippen molar-refractivity contribution in [2.24, 2.45) is 5.41 Å². The summed E-state index contributed by atoms with van der Waals surface area (Å²) in [5.41, 5.74) is 0.685. The van der Waals surface area contributed by atoms with Crippen LogP contribution in [0.2, 0.25) is 5.02 Å². The first kappa shape index (κ1) is 33.4. The van der Waals surface area contributed by atoms with E-state index < -0.39 is 41.4 Å². The molecule has 15 heteroatoms. The molecule has 11 nitrogen and oxygen atoms in total. The first-order valence-corrected chi connectivity index (χ1v) is 14.5. The number of ether oxygens (including phenoxy) is 1. The van der Waals surface area contributed by atoms with Crippen LogP contribution in [0.25, 0.3) is 0 Å². The van der Waals surface area contributed by atoms with Crippen LogP contribution in [0.4, 0.5) is 30.8 Å². The summed E-state index contributed by atoms with van der Waals surface area (Å²) in [4.78, 5) is 48.4. The van der Waals surface area contributed by atoms with Gasteiger partial charge in [0, 0.05) is 35.8 Å². The number of carbonyl (C=O) groups is 3. The molecule has 3 aromatic rings. The summed E-state index contributed by atoms with van der Waals surface area (Å²) in [5, 5.41) is 12.1. The van der Waals surface area contributed by atoms with Gasteiger partial charge in [0.05, 0.1) is 5.54 Å². The van der Waals surface area contributed by atoms with Gasteiger partial charge in [-0.2, -0.15) is 28.1 Å². The molecule has 2 aromatic carbocycles. The third kappa shape index (κ3) is 9.76. The number of Topliss-reactive ketones (excluding diaryl/α,β-unsaturated/α-hetero) is 1. The Hall–Kier alpha value is -4.46. The van der Waals surface area contributed by atoms with Gasteiger partial charge >= 0.3 is 12.2 Å². The molecule has 0 saturated heterocycles. The van der Waals surface area contributed by atoms with Crippen LogP contribution in [0, 0.1) is 5.41 Å². The second-order valence-corrected chi connectivity index (χ2v) is 11.8. The molecule has 240 valence electrons. The minimum Gasteiger partial charge on any atom is -0.454 e. The summed E-state index contributed by atoms with van der Waals surface area (Å²) in [6, 6.07) is 13.0. The molecule has 1 aliphatic rings. The van der Waals surface area contributed by atoms with Gasteiger partial charge in [0.15, 0.2) is 6.61 Å². The molecule has 45 heavy (non-hydrogen) atoms. The van der Waals surface area contributed by atoms with Gasteiger partial charge in [0.2, 0.25) is 17.7 Å². The molecule has 0 bridgehead atoms. The first-order chi connectivity index (χ1) is 21.2. The van der Waals surface area contributed by atoms with E-state index in [-0.39, 0.29) is 37.3 Å². The van der Waals surface area contributed by atoms with E-state index in [9.17, 15) is 27.6 Å². The maximum absolute atomic E-state index is 12.9. The van der Waals surface area contributed by atoms with Crippen molar-refractivity contribution < 1.29 is 32.3 Å². The summed E-state index contributed by atoms with van der Waals surface area (Å²) < 4.78 is 43.4. The summed E-state index contributed by atoms with van der Waals surface area (Å²) in [5.74, 6) is -1.58. The molecule has 0 aliphatic heterocycles. The van der Waals surface area contributed by atoms with Gasteiger partial charge < -0.3 is 26.0 Å². The van der Waals surface area contributed by atoms with Crippen molar-refractivity contribution in [1.29, 1.82) is 0 Å². The quantitative estimate of drug-likeness (QED) is 0.174. The van der Waals surface area contributed by atoms with Crippen molar-refractivity contribution in [1.82, 2.24) is 25.6 Å². The highest BCUT2D eigenvalue weighted by Gasteiger charge is 2.45. The molecule has 1 aromatic heterocycles. The average molecular weight is 648 g/mol. The number of aromatic nitrogens is 3. The van der Waals surface area contributed by atoms with E-state index in [2.05, 4.69) is 36.2 Å². The Morgan fingerprint density at radius 2 is 1.53 bits per heavy atom. The summed E-state index contributed by atoms with van der Waals surface area (Å²) in [6.45, 7) is 4.11. The van der Waals surface area contributed by atoms with Crippen molar-refractivity contribution in [3.05, 3.63) is 64.7 Å². The van der Waals surface area contributed by atoms with E-state index in [1.165, 1.54) is 0 Å². The number of ketones is 1. The maximum atomic E-state index is 12.9. The van der Waals surface area contributed by atoms with Crippen molar-refractivity contribution in [3.63, 3.8) is 0 Å². The number of benzene rings is 2. The summed E-state index contributed by atoms with van der Waals surface area (Å²) in [7, 11) is 0. The SMILES string of the molecule is CCC(=O)C(=O)NCC(C)(C)CNC(=O)c1ccc(Nc2nc(NC3(c4ccc(Cl)cc4)CC3)nc(OCC(F)(F)F)n2)cc1. The van der Waals surface area contributed by atoms with Crippen LogP contribution < -0.4 is 26.0 Å². The molecule has 1 heterocycles. The third-order valence-corrected chi connectivity index (χ3v) is 7.16. The highest BCUT2D eigenvalue weighted by Crippen LogP contribution is 2.48. The van der Waals surface area contributed by atoms with E-state index in [0.29, 0.717) is 16.3 Å². The van der Waals surface area contributed by atoms with Crippen LogP contribution in [-0.2, 0) is 15.1 Å². The van der Waals surface area contributed by atoms with Gasteiger partial charge in [0.1, 0.15) is 0 Å². The van der Waals surface area contributed by atoms with Crippen molar-refractivity contribution in [2.75, 3.05) is 30.3 Å². The second kappa shape index (κ2) is 13.7. The van der Waals surface area contributed by atoms with Gasteiger partial charge in [-0.15, -0.1) is 0 Å². The monoisotopic (exact) mass is 647 g/mol. The Labute approximate surface area is 262 Å². The van der Waals surface area contributed by atoms with E-state index in [0.717, 1.165) is 18.4 Å². The predicted octanol–water partition coefficient (Wildman–Crippen LogP) is 5.16. The Morgan fingerprint density at radius 1 is 0.911 bits per heavy atom. The largest absolute Gasteiger partial charge is 0.454 e. The van der Waals surface area contributed by atoms with Gasteiger partial charge in [-0.1, -0.05) is 44.5 Å². The third-order valence-electron chi connectivity index (χ3n) is 6.91. The predicted molar refractivity (Wildman–Crippen MR) is 162 cm³/mol. The molecule has 0 unspecified atom stereocenters. The molecule has 1 fully saturated rings.